The molecule has 20 heavy (non-hydrogen) atoms. The molecule has 0 unspecified atom stereocenters. The molecule has 2 rings (SSSR count). The molecule has 110 valence electrons. The molecule has 1 aromatic rings. The SMILES string of the molecule is O=C(COc1cccc(C(F)(F)F)c1)N1CCCCC1. The van der Waals surface area contributed by atoms with Crippen LogP contribution in [0.1, 0.15) is 24.8 Å². The normalized spacial score (nSPS) is 16.1. The zero-order chi connectivity index (χ0) is 14.6. The first-order valence-corrected chi connectivity index (χ1v) is 6.54. The van der Waals surface area contributed by atoms with Gasteiger partial charge >= 0.3 is 6.18 Å². The van der Waals surface area contributed by atoms with Gasteiger partial charge in [-0.15, -0.1) is 0 Å². The monoisotopic (exact) mass is 287 g/mol. The highest BCUT2D eigenvalue weighted by Crippen LogP contribution is 2.31. The van der Waals surface area contributed by atoms with Crippen LogP contribution in [0.15, 0.2) is 24.3 Å². The van der Waals surface area contributed by atoms with E-state index in [-0.39, 0.29) is 18.3 Å². The van der Waals surface area contributed by atoms with Crippen molar-refractivity contribution in [3.8, 4) is 5.75 Å². The predicted molar refractivity (Wildman–Crippen MR) is 67.4 cm³/mol. The minimum Gasteiger partial charge on any atom is -0.484 e. The van der Waals surface area contributed by atoms with Crippen LogP contribution in [0.5, 0.6) is 5.75 Å². The molecule has 3 nitrogen and oxygen atoms in total. The molecule has 1 saturated heterocycles. The Morgan fingerprint density at radius 3 is 2.55 bits per heavy atom. The number of halogens is 3. The first-order chi connectivity index (χ1) is 9.47. The second kappa shape index (κ2) is 6.15. The number of likely N-dealkylation sites (tertiary alicyclic amines) is 1. The molecule has 0 bridgehead atoms. The molecule has 0 atom stereocenters. The molecule has 0 spiro atoms. The summed E-state index contributed by atoms with van der Waals surface area (Å²) >= 11 is 0. The molecule has 1 amide bonds. The van der Waals surface area contributed by atoms with Crippen LogP contribution in [-0.2, 0) is 11.0 Å². The van der Waals surface area contributed by atoms with Gasteiger partial charge in [-0.25, -0.2) is 0 Å². The van der Waals surface area contributed by atoms with E-state index in [0.717, 1.165) is 31.4 Å². The van der Waals surface area contributed by atoms with Crippen molar-refractivity contribution in [3.05, 3.63) is 29.8 Å². The molecular weight excluding hydrogens is 271 g/mol. The molecular formula is C14H16F3NO2. The van der Waals surface area contributed by atoms with Crippen LogP contribution in [0, 0.1) is 0 Å². The summed E-state index contributed by atoms with van der Waals surface area (Å²) < 4.78 is 42.7. The molecule has 0 N–H and O–H groups in total. The lowest BCUT2D eigenvalue weighted by Gasteiger charge is -2.26. The van der Waals surface area contributed by atoms with Crippen molar-refractivity contribution < 1.29 is 22.7 Å². The molecule has 0 aromatic heterocycles. The lowest BCUT2D eigenvalue weighted by atomic mass is 10.1. The number of carbonyl (C=O) groups is 1. The summed E-state index contributed by atoms with van der Waals surface area (Å²) in [5.41, 5.74) is -0.777. The average Bonchev–Trinajstić information content (AvgIpc) is 2.45. The van der Waals surface area contributed by atoms with Gasteiger partial charge in [0.2, 0.25) is 0 Å². The molecule has 1 aliphatic heterocycles. The number of rotatable bonds is 3. The van der Waals surface area contributed by atoms with Gasteiger partial charge in [0.25, 0.3) is 5.91 Å². The topological polar surface area (TPSA) is 29.5 Å². The second-order valence-corrected chi connectivity index (χ2v) is 4.76. The number of benzene rings is 1. The van der Waals surface area contributed by atoms with Crippen LogP contribution in [-0.4, -0.2) is 30.5 Å². The summed E-state index contributed by atoms with van der Waals surface area (Å²) in [5, 5.41) is 0. The zero-order valence-electron chi connectivity index (χ0n) is 10.9. The Bertz CT molecular complexity index is 468. The van der Waals surface area contributed by atoms with Crippen LogP contribution < -0.4 is 4.74 Å². The Hall–Kier alpha value is -1.72. The summed E-state index contributed by atoms with van der Waals surface area (Å²) in [6, 6.07) is 4.56. The fourth-order valence-electron chi connectivity index (χ4n) is 2.14. The maximum Gasteiger partial charge on any atom is 0.416 e. The number of ether oxygens (including phenoxy) is 1. The number of amides is 1. The maximum atomic E-state index is 12.5. The smallest absolute Gasteiger partial charge is 0.416 e. The van der Waals surface area contributed by atoms with E-state index in [9.17, 15) is 18.0 Å². The van der Waals surface area contributed by atoms with Gasteiger partial charge in [0.15, 0.2) is 6.61 Å². The third-order valence-electron chi connectivity index (χ3n) is 3.23. The highest BCUT2D eigenvalue weighted by molar-refractivity contribution is 5.77. The van der Waals surface area contributed by atoms with Gasteiger partial charge in [-0.2, -0.15) is 13.2 Å². The molecule has 1 aliphatic rings. The maximum absolute atomic E-state index is 12.5. The first-order valence-electron chi connectivity index (χ1n) is 6.54. The standard InChI is InChI=1S/C14H16F3NO2/c15-14(16,17)11-5-4-6-12(9-11)20-10-13(19)18-7-2-1-3-8-18/h4-6,9H,1-3,7-8,10H2. The number of nitrogens with zero attached hydrogens (tertiary/aromatic N) is 1. The van der Waals surface area contributed by atoms with E-state index in [2.05, 4.69) is 0 Å². The Morgan fingerprint density at radius 2 is 1.90 bits per heavy atom. The van der Waals surface area contributed by atoms with E-state index < -0.39 is 11.7 Å². The van der Waals surface area contributed by atoms with Crippen molar-refractivity contribution in [2.75, 3.05) is 19.7 Å². The van der Waals surface area contributed by atoms with E-state index in [1.807, 2.05) is 0 Å². The summed E-state index contributed by atoms with van der Waals surface area (Å²) in [7, 11) is 0. The minimum atomic E-state index is -4.41. The van der Waals surface area contributed by atoms with Gasteiger partial charge in [0.05, 0.1) is 5.56 Å². The Labute approximate surface area is 115 Å². The van der Waals surface area contributed by atoms with E-state index in [1.54, 1.807) is 4.90 Å². The highest BCUT2D eigenvalue weighted by Gasteiger charge is 2.30. The predicted octanol–water partition coefficient (Wildman–Crippen LogP) is 3.10. The Morgan fingerprint density at radius 1 is 1.20 bits per heavy atom. The number of hydrogen-bond donors (Lipinski definition) is 0. The van der Waals surface area contributed by atoms with E-state index in [1.165, 1.54) is 12.1 Å². The Balaban J connectivity index is 1.92. The van der Waals surface area contributed by atoms with Crippen molar-refractivity contribution in [1.29, 1.82) is 0 Å². The molecule has 6 heteroatoms. The quantitative estimate of drug-likeness (QED) is 0.855. The van der Waals surface area contributed by atoms with Gasteiger partial charge in [0.1, 0.15) is 5.75 Å². The molecule has 1 aromatic carbocycles. The van der Waals surface area contributed by atoms with Crippen molar-refractivity contribution in [1.82, 2.24) is 4.90 Å². The third-order valence-corrected chi connectivity index (χ3v) is 3.23. The van der Waals surface area contributed by atoms with Crippen LogP contribution in [0.3, 0.4) is 0 Å². The number of carbonyl (C=O) groups excluding carboxylic acids is 1. The van der Waals surface area contributed by atoms with Gasteiger partial charge in [-0.05, 0) is 37.5 Å². The first kappa shape index (κ1) is 14.7. The van der Waals surface area contributed by atoms with Crippen LogP contribution >= 0.6 is 0 Å². The van der Waals surface area contributed by atoms with Gasteiger partial charge < -0.3 is 9.64 Å². The summed E-state index contributed by atoms with van der Waals surface area (Å²) in [4.78, 5) is 13.5. The van der Waals surface area contributed by atoms with Crippen molar-refractivity contribution in [2.24, 2.45) is 0 Å². The molecule has 0 radical (unpaired) electrons. The summed E-state index contributed by atoms with van der Waals surface area (Å²) in [5.74, 6) is -0.118. The Kier molecular flexibility index (Phi) is 4.52. The summed E-state index contributed by atoms with van der Waals surface area (Å²) in [6.07, 6.45) is -1.36. The second-order valence-electron chi connectivity index (χ2n) is 4.76. The van der Waals surface area contributed by atoms with Gasteiger partial charge in [0, 0.05) is 13.1 Å². The van der Waals surface area contributed by atoms with Gasteiger partial charge in [-0.3, -0.25) is 4.79 Å². The van der Waals surface area contributed by atoms with Crippen molar-refractivity contribution in [3.63, 3.8) is 0 Å². The largest absolute Gasteiger partial charge is 0.484 e. The van der Waals surface area contributed by atoms with Crippen LogP contribution in [0.2, 0.25) is 0 Å². The fourth-order valence-corrected chi connectivity index (χ4v) is 2.14. The number of alkyl halides is 3. The lowest BCUT2D eigenvalue weighted by Crippen LogP contribution is -2.38. The molecule has 0 saturated carbocycles. The van der Waals surface area contributed by atoms with E-state index >= 15 is 0 Å². The fraction of sp³-hybridized carbons (Fsp3) is 0.500. The van der Waals surface area contributed by atoms with Crippen LogP contribution in [0.4, 0.5) is 13.2 Å². The third kappa shape index (κ3) is 3.88. The molecule has 0 aliphatic carbocycles. The summed E-state index contributed by atoms with van der Waals surface area (Å²) in [6.45, 7) is 1.18. The van der Waals surface area contributed by atoms with Crippen molar-refractivity contribution >= 4 is 5.91 Å². The van der Waals surface area contributed by atoms with Crippen LogP contribution in [0.25, 0.3) is 0 Å². The average molecular weight is 287 g/mol. The molecule has 1 fully saturated rings. The number of hydrogen-bond acceptors (Lipinski definition) is 2. The van der Waals surface area contributed by atoms with Gasteiger partial charge in [-0.1, -0.05) is 6.07 Å². The highest BCUT2D eigenvalue weighted by atomic mass is 19.4. The minimum absolute atomic E-state index is 0.0604. The zero-order valence-corrected chi connectivity index (χ0v) is 10.9. The number of piperidine rings is 1. The van der Waals surface area contributed by atoms with E-state index in [0.29, 0.717) is 13.1 Å². The molecule has 1 heterocycles. The van der Waals surface area contributed by atoms with Crippen molar-refractivity contribution in [2.45, 2.75) is 25.4 Å². The van der Waals surface area contributed by atoms with E-state index in [4.69, 9.17) is 4.74 Å². The lowest BCUT2D eigenvalue weighted by molar-refractivity contribution is -0.137.